The highest BCUT2D eigenvalue weighted by Crippen LogP contribution is 2.64. The van der Waals surface area contributed by atoms with Gasteiger partial charge in [-0.3, -0.25) is 0 Å². The minimum absolute atomic E-state index is 0.0404. The molecule has 0 spiro atoms. The molecule has 0 aromatic carbocycles. The highest BCUT2D eigenvalue weighted by Gasteiger charge is 2.69. The van der Waals surface area contributed by atoms with Crippen molar-refractivity contribution in [2.45, 2.75) is 141 Å². The molecule has 4 unspecified atom stereocenters. The summed E-state index contributed by atoms with van der Waals surface area (Å²) in [5.74, 6) is 0.315. The summed E-state index contributed by atoms with van der Waals surface area (Å²) in [6.07, 6.45) is 2.54. The number of alkyl halides is 6. The van der Waals surface area contributed by atoms with Crippen LogP contribution in [0.3, 0.4) is 0 Å². The zero-order valence-electron chi connectivity index (χ0n) is 24.8. The molecule has 5 atom stereocenters. The van der Waals surface area contributed by atoms with E-state index in [2.05, 4.69) is 19.1 Å². The van der Waals surface area contributed by atoms with Gasteiger partial charge in [-0.2, -0.15) is 26.3 Å². The van der Waals surface area contributed by atoms with Gasteiger partial charge in [0.05, 0.1) is 11.7 Å². The second-order valence-electron chi connectivity index (χ2n) is 14.0. The Labute approximate surface area is 240 Å². The number of fused-ring (bicyclic) bond motifs is 1. The Morgan fingerprint density at radius 1 is 0.878 bits per heavy atom. The van der Waals surface area contributed by atoms with Crippen molar-refractivity contribution in [3.63, 3.8) is 0 Å². The summed E-state index contributed by atoms with van der Waals surface area (Å²) in [6, 6.07) is 0. The second kappa shape index (κ2) is 12.4. The van der Waals surface area contributed by atoms with E-state index in [4.69, 9.17) is 0 Å². The van der Waals surface area contributed by atoms with E-state index in [9.17, 15) is 41.7 Å². The largest absolute Gasteiger partial charge is 0.429 e. The van der Waals surface area contributed by atoms with Gasteiger partial charge < -0.3 is 15.3 Å². The first-order chi connectivity index (χ1) is 18.7. The van der Waals surface area contributed by atoms with Crippen molar-refractivity contribution in [1.82, 2.24) is 0 Å². The summed E-state index contributed by atoms with van der Waals surface area (Å²) < 4.78 is 80.0. The van der Waals surface area contributed by atoms with Crippen LogP contribution in [-0.2, 0) is 0 Å². The predicted octanol–water partition coefficient (Wildman–Crippen LogP) is 8.74. The molecule has 3 nitrogen and oxygen atoms in total. The topological polar surface area (TPSA) is 60.7 Å². The van der Waals surface area contributed by atoms with Crippen LogP contribution < -0.4 is 0 Å². The zero-order chi connectivity index (χ0) is 30.9. The van der Waals surface area contributed by atoms with Crippen LogP contribution in [0.25, 0.3) is 0 Å². The number of hydrogen-bond acceptors (Lipinski definition) is 3. The monoisotopic (exact) mass is 594 g/mol. The van der Waals surface area contributed by atoms with Crippen molar-refractivity contribution in [2.24, 2.45) is 22.7 Å². The van der Waals surface area contributed by atoms with Crippen LogP contribution in [0.4, 0.5) is 26.3 Å². The molecule has 9 heteroatoms. The van der Waals surface area contributed by atoms with Crippen molar-refractivity contribution >= 4 is 0 Å². The summed E-state index contributed by atoms with van der Waals surface area (Å²) in [6.45, 7) is 7.53. The fourth-order valence-electron chi connectivity index (χ4n) is 8.02. The Balaban J connectivity index is 1.90. The Kier molecular flexibility index (Phi) is 10.3. The summed E-state index contributed by atoms with van der Waals surface area (Å²) >= 11 is 0. The lowest BCUT2D eigenvalue weighted by molar-refractivity contribution is -0.347. The molecule has 41 heavy (non-hydrogen) atoms. The van der Waals surface area contributed by atoms with E-state index >= 15 is 0 Å². The first-order valence-electron chi connectivity index (χ1n) is 15.0. The number of allylic oxidation sites excluding steroid dienone is 4. The van der Waals surface area contributed by atoms with Gasteiger partial charge in [-0.1, -0.05) is 49.6 Å². The van der Waals surface area contributed by atoms with Crippen LogP contribution in [0.2, 0.25) is 0 Å². The van der Waals surface area contributed by atoms with Gasteiger partial charge in [0, 0.05) is 0 Å². The minimum atomic E-state index is -5.89. The summed E-state index contributed by atoms with van der Waals surface area (Å²) in [7, 11) is 0. The molecule has 236 valence electrons. The maximum Gasteiger partial charge on any atom is 0.429 e. The fraction of sp³-hybridized carbons (Fsp3) is 0.812. The standard InChI is InChI=1S/C32H48F6O3/c1-27(2,40)16-7-17-28(3,18-8-20-30(41,31(33,34)35)32(36,37)38)26-15-14-25-23(10-6-19-29(25,26)4)13-12-22-9-5-11-24(39)21-22/h8,12-13,20,24-26,39-41H,5-7,9-11,14-19,21H2,1-4H3/b20-8-,22-12-,23-13+/t24?,25?,26?,28-,29?/m0/s1. The Hall–Kier alpha value is -1.32. The molecule has 0 saturated heterocycles. The lowest BCUT2D eigenvalue weighted by Crippen LogP contribution is -2.55. The molecule has 0 amide bonds. The smallest absolute Gasteiger partial charge is 0.393 e. The van der Waals surface area contributed by atoms with Gasteiger partial charge in [0.2, 0.25) is 0 Å². The number of rotatable bonds is 9. The van der Waals surface area contributed by atoms with E-state index in [1.807, 2.05) is 6.92 Å². The quantitative estimate of drug-likeness (QED) is 0.185. The van der Waals surface area contributed by atoms with E-state index in [0.29, 0.717) is 25.7 Å². The predicted molar refractivity (Wildman–Crippen MR) is 148 cm³/mol. The molecule has 3 aliphatic rings. The molecule has 3 aliphatic carbocycles. The van der Waals surface area contributed by atoms with Crippen molar-refractivity contribution < 1.29 is 41.7 Å². The van der Waals surface area contributed by atoms with E-state index in [0.717, 1.165) is 57.4 Å². The SMILES string of the molecule is CC(C)(O)CCC[C@@](C)(C/C=C\C(O)(C(F)(F)F)C(F)(F)F)C1CCC2/C(=C/C=C3/CCCC(O)C3)CCCC21C. The third kappa shape index (κ3) is 7.80. The van der Waals surface area contributed by atoms with Crippen molar-refractivity contribution in [2.75, 3.05) is 0 Å². The van der Waals surface area contributed by atoms with Crippen molar-refractivity contribution in [3.8, 4) is 0 Å². The summed E-state index contributed by atoms with van der Waals surface area (Å²) in [4.78, 5) is 0. The van der Waals surface area contributed by atoms with Crippen molar-refractivity contribution in [1.29, 1.82) is 0 Å². The first-order valence-corrected chi connectivity index (χ1v) is 15.0. The minimum Gasteiger partial charge on any atom is -0.393 e. The van der Waals surface area contributed by atoms with Gasteiger partial charge >= 0.3 is 12.4 Å². The Bertz CT molecular complexity index is 975. The van der Waals surface area contributed by atoms with Crippen molar-refractivity contribution in [3.05, 3.63) is 35.5 Å². The van der Waals surface area contributed by atoms with Gasteiger partial charge in [0.1, 0.15) is 0 Å². The molecular formula is C32H48F6O3. The lowest BCUT2D eigenvalue weighted by Gasteiger charge is -2.49. The van der Waals surface area contributed by atoms with Gasteiger partial charge in [-0.15, -0.1) is 0 Å². The molecule has 0 aromatic rings. The molecule has 3 rings (SSSR count). The second-order valence-corrected chi connectivity index (χ2v) is 14.0. The molecule has 0 aliphatic heterocycles. The van der Waals surface area contributed by atoms with Crippen LogP contribution in [0.5, 0.6) is 0 Å². The molecule has 3 fully saturated rings. The first kappa shape index (κ1) is 34.2. The maximum atomic E-state index is 13.3. The van der Waals surface area contributed by atoms with Crippen LogP contribution >= 0.6 is 0 Å². The lowest BCUT2D eigenvalue weighted by atomic mass is 9.55. The van der Waals surface area contributed by atoms with Crippen LogP contribution in [0.1, 0.15) is 111 Å². The molecular weight excluding hydrogens is 546 g/mol. The summed E-state index contributed by atoms with van der Waals surface area (Å²) in [5.41, 5.74) is -4.06. The van der Waals surface area contributed by atoms with Gasteiger partial charge in [-0.25, -0.2) is 0 Å². The highest BCUT2D eigenvalue weighted by atomic mass is 19.4. The van der Waals surface area contributed by atoms with Gasteiger partial charge in [-0.05, 0) is 120 Å². The molecule has 0 radical (unpaired) electrons. The molecule has 3 saturated carbocycles. The Morgan fingerprint density at radius 2 is 1.54 bits per heavy atom. The highest BCUT2D eigenvalue weighted by molar-refractivity contribution is 5.26. The van der Waals surface area contributed by atoms with Crippen LogP contribution in [0, 0.1) is 22.7 Å². The zero-order valence-corrected chi connectivity index (χ0v) is 24.8. The number of halogens is 6. The number of aliphatic hydroxyl groups excluding tert-OH is 1. The average Bonchev–Trinajstić information content (AvgIpc) is 3.18. The molecule has 0 heterocycles. The van der Waals surface area contributed by atoms with Crippen LogP contribution in [0.15, 0.2) is 35.5 Å². The number of hydrogen-bond donors (Lipinski definition) is 3. The summed E-state index contributed by atoms with van der Waals surface area (Å²) in [5, 5.41) is 30.0. The Morgan fingerprint density at radius 3 is 2.12 bits per heavy atom. The van der Waals surface area contributed by atoms with E-state index < -0.39 is 29.0 Å². The van der Waals surface area contributed by atoms with Gasteiger partial charge in [0.15, 0.2) is 0 Å². The normalized spacial score (nSPS) is 32.1. The maximum absolute atomic E-state index is 13.3. The third-order valence-corrected chi connectivity index (χ3v) is 10.2. The van der Waals surface area contributed by atoms with E-state index in [-0.39, 0.29) is 35.9 Å². The third-order valence-electron chi connectivity index (χ3n) is 10.2. The van der Waals surface area contributed by atoms with E-state index in [1.165, 1.54) is 11.1 Å². The molecule has 0 aromatic heterocycles. The average molecular weight is 595 g/mol. The van der Waals surface area contributed by atoms with Gasteiger partial charge in [0.25, 0.3) is 5.60 Å². The fourth-order valence-corrected chi connectivity index (χ4v) is 8.02. The van der Waals surface area contributed by atoms with E-state index in [1.54, 1.807) is 13.8 Å². The molecule has 0 bridgehead atoms. The van der Waals surface area contributed by atoms with Crippen LogP contribution in [-0.4, -0.2) is 45.0 Å². The number of aliphatic hydroxyl groups is 3. The molecule has 3 N–H and O–H groups in total.